The summed E-state index contributed by atoms with van der Waals surface area (Å²) in [6, 6.07) is 10.3. The van der Waals surface area contributed by atoms with Crippen LogP contribution >= 0.6 is 24.8 Å². The van der Waals surface area contributed by atoms with Gasteiger partial charge in [0, 0.05) is 50.7 Å². The smallest absolute Gasteiger partial charge is 0.224 e. The summed E-state index contributed by atoms with van der Waals surface area (Å²) in [6.45, 7) is 7.42. The summed E-state index contributed by atoms with van der Waals surface area (Å²) in [5, 5.41) is 6.10. The number of nitrogens with one attached hydrogen (secondary N) is 2. The Morgan fingerprint density at radius 3 is 2.30 bits per heavy atom. The number of para-hydroxylation sites is 1. The molecule has 6 nitrogen and oxygen atoms in total. The molecule has 2 N–H and O–H groups in total. The van der Waals surface area contributed by atoms with Gasteiger partial charge < -0.3 is 20.4 Å². The molecule has 2 heterocycles. The number of nitrogens with zero attached hydrogens (tertiary/aromatic N) is 2. The van der Waals surface area contributed by atoms with E-state index in [0.717, 1.165) is 39.3 Å². The van der Waals surface area contributed by atoms with E-state index in [1.165, 1.54) is 5.69 Å². The Morgan fingerprint density at radius 1 is 1.11 bits per heavy atom. The van der Waals surface area contributed by atoms with E-state index in [0.29, 0.717) is 18.9 Å². The van der Waals surface area contributed by atoms with Crippen LogP contribution in [-0.2, 0) is 9.59 Å². The molecule has 2 amide bonds. The Hall–Kier alpha value is -1.50. The van der Waals surface area contributed by atoms with Gasteiger partial charge in [-0.1, -0.05) is 25.1 Å². The SMILES string of the molecule is CC(C(=O)NCCC(=O)N1CCN(c2ccccc2)CC1)C1CNC1.Cl.Cl. The zero-order valence-corrected chi connectivity index (χ0v) is 17.4. The third kappa shape index (κ3) is 6.26. The lowest BCUT2D eigenvalue weighted by Gasteiger charge is -2.36. The summed E-state index contributed by atoms with van der Waals surface area (Å²) >= 11 is 0. The van der Waals surface area contributed by atoms with Gasteiger partial charge in [0.1, 0.15) is 0 Å². The van der Waals surface area contributed by atoms with Crippen LogP contribution in [-0.4, -0.2) is 62.5 Å². The normalized spacial score (nSPS) is 17.8. The summed E-state index contributed by atoms with van der Waals surface area (Å²) in [5.74, 6) is 0.645. The summed E-state index contributed by atoms with van der Waals surface area (Å²) < 4.78 is 0. The van der Waals surface area contributed by atoms with E-state index < -0.39 is 0 Å². The molecule has 1 unspecified atom stereocenters. The average Bonchev–Trinajstić information content (AvgIpc) is 2.61. The van der Waals surface area contributed by atoms with E-state index in [1.807, 2.05) is 30.0 Å². The topological polar surface area (TPSA) is 64.7 Å². The van der Waals surface area contributed by atoms with Gasteiger partial charge in [0.25, 0.3) is 0 Å². The average molecular weight is 417 g/mol. The van der Waals surface area contributed by atoms with Crippen LogP contribution in [0.3, 0.4) is 0 Å². The van der Waals surface area contributed by atoms with Crippen molar-refractivity contribution < 1.29 is 9.59 Å². The molecular weight excluding hydrogens is 387 g/mol. The Morgan fingerprint density at radius 2 is 1.74 bits per heavy atom. The maximum absolute atomic E-state index is 12.3. The predicted octanol–water partition coefficient (Wildman–Crippen LogP) is 1.54. The van der Waals surface area contributed by atoms with Crippen molar-refractivity contribution in [2.45, 2.75) is 13.3 Å². The van der Waals surface area contributed by atoms with Crippen LogP contribution in [0.2, 0.25) is 0 Å². The van der Waals surface area contributed by atoms with Crippen LogP contribution in [0.25, 0.3) is 0 Å². The molecule has 1 aromatic rings. The maximum atomic E-state index is 12.3. The van der Waals surface area contributed by atoms with Crippen molar-refractivity contribution in [1.82, 2.24) is 15.5 Å². The zero-order valence-electron chi connectivity index (χ0n) is 15.7. The van der Waals surface area contributed by atoms with Crippen molar-refractivity contribution in [2.75, 3.05) is 50.7 Å². The molecule has 8 heteroatoms. The van der Waals surface area contributed by atoms with E-state index in [1.54, 1.807) is 0 Å². The summed E-state index contributed by atoms with van der Waals surface area (Å²) in [5.41, 5.74) is 1.21. The van der Waals surface area contributed by atoms with Gasteiger partial charge in [-0.25, -0.2) is 0 Å². The summed E-state index contributed by atoms with van der Waals surface area (Å²) in [4.78, 5) is 28.6. The number of anilines is 1. The van der Waals surface area contributed by atoms with Gasteiger partial charge >= 0.3 is 0 Å². The lowest BCUT2D eigenvalue weighted by Crippen LogP contribution is -2.50. The lowest BCUT2D eigenvalue weighted by molar-refractivity contribution is -0.131. The van der Waals surface area contributed by atoms with Gasteiger partial charge in [-0.15, -0.1) is 24.8 Å². The first-order valence-electron chi connectivity index (χ1n) is 9.21. The van der Waals surface area contributed by atoms with Crippen molar-refractivity contribution >= 4 is 42.3 Å². The number of hydrogen-bond acceptors (Lipinski definition) is 4. The molecule has 2 aliphatic heterocycles. The molecule has 2 fully saturated rings. The third-order valence-corrected chi connectivity index (χ3v) is 5.33. The van der Waals surface area contributed by atoms with Crippen molar-refractivity contribution in [2.24, 2.45) is 11.8 Å². The number of amides is 2. The first-order valence-corrected chi connectivity index (χ1v) is 9.21. The number of piperazine rings is 1. The van der Waals surface area contributed by atoms with Crippen molar-refractivity contribution in [1.29, 1.82) is 0 Å². The molecule has 1 atom stereocenters. The van der Waals surface area contributed by atoms with E-state index in [9.17, 15) is 9.59 Å². The van der Waals surface area contributed by atoms with Crippen LogP contribution in [0, 0.1) is 11.8 Å². The summed E-state index contributed by atoms with van der Waals surface area (Å²) in [7, 11) is 0. The molecule has 0 spiro atoms. The Labute approximate surface area is 173 Å². The molecule has 0 radical (unpaired) electrons. The monoisotopic (exact) mass is 416 g/mol. The quantitative estimate of drug-likeness (QED) is 0.737. The van der Waals surface area contributed by atoms with Crippen molar-refractivity contribution in [3.8, 4) is 0 Å². The number of benzene rings is 1. The Kier molecular flexibility index (Phi) is 9.91. The number of halogens is 2. The minimum Gasteiger partial charge on any atom is -0.368 e. The van der Waals surface area contributed by atoms with E-state index in [4.69, 9.17) is 0 Å². The van der Waals surface area contributed by atoms with Gasteiger partial charge in [0.15, 0.2) is 0 Å². The maximum Gasteiger partial charge on any atom is 0.224 e. The number of carbonyl (C=O) groups is 2. The van der Waals surface area contributed by atoms with Crippen LogP contribution in [0.5, 0.6) is 0 Å². The highest BCUT2D eigenvalue weighted by Gasteiger charge is 2.28. The number of carbonyl (C=O) groups excluding carboxylic acids is 2. The number of hydrogen-bond donors (Lipinski definition) is 2. The van der Waals surface area contributed by atoms with Crippen LogP contribution in [0.4, 0.5) is 5.69 Å². The lowest BCUT2D eigenvalue weighted by atomic mass is 9.88. The van der Waals surface area contributed by atoms with Crippen molar-refractivity contribution in [3.05, 3.63) is 30.3 Å². The summed E-state index contributed by atoms with van der Waals surface area (Å²) in [6.07, 6.45) is 0.382. The first-order chi connectivity index (χ1) is 12.1. The van der Waals surface area contributed by atoms with E-state index in [2.05, 4.69) is 27.7 Å². The predicted molar refractivity (Wildman–Crippen MR) is 113 cm³/mol. The fourth-order valence-corrected chi connectivity index (χ4v) is 3.34. The molecule has 0 aliphatic carbocycles. The van der Waals surface area contributed by atoms with Gasteiger partial charge in [0.2, 0.25) is 11.8 Å². The Bertz CT molecular complexity index is 591. The molecule has 152 valence electrons. The highest BCUT2D eigenvalue weighted by Crippen LogP contribution is 2.17. The second kappa shape index (κ2) is 11.4. The zero-order chi connectivity index (χ0) is 17.6. The molecule has 2 saturated heterocycles. The van der Waals surface area contributed by atoms with Crippen LogP contribution < -0.4 is 15.5 Å². The first kappa shape index (κ1) is 23.5. The molecule has 0 aromatic heterocycles. The van der Waals surface area contributed by atoms with Gasteiger partial charge in [-0.2, -0.15) is 0 Å². The Balaban J connectivity index is 0.00000182. The van der Waals surface area contributed by atoms with Gasteiger partial charge in [-0.3, -0.25) is 9.59 Å². The standard InChI is InChI=1S/C19H28N4O2.2ClH/c1-15(16-13-20-14-16)19(25)21-8-7-18(24)23-11-9-22(10-12-23)17-5-3-2-4-6-17;;/h2-6,15-16,20H,7-14H2,1H3,(H,21,25);2*1H. The molecule has 1 aromatic carbocycles. The van der Waals surface area contributed by atoms with Crippen LogP contribution in [0.15, 0.2) is 30.3 Å². The highest BCUT2D eigenvalue weighted by atomic mass is 35.5. The molecule has 2 aliphatic rings. The highest BCUT2D eigenvalue weighted by molar-refractivity contribution is 5.85. The van der Waals surface area contributed by atoms with E-state index >= 15 is 0 Å². The number of rotatable bonds is 6. The molecular formula is C19H30Cl2N4O2. The second-order valence-electron chi connectivity index (χ2n) is 6.95. The minimum absolute atomic E-state index is 0. The molecule has 3 rings (SSSR count). The molecule has 0 saturated carbocycles. The van der Waals surface area contributed by atoms with Gasteiger partial charge in [0.05, 0.1) is 0 Å². The molecule has 0 bridgehead atoms. The van der Waals surface area contributed by atoms with Crippen LogP contribution in [0.1, 0.15) is 13.3 Å². The van der Waals surface area contributed by atoms with Gasteiger partial charge in [-0.05, 0) is 31.1 Å². The third-order valence-electron chi connectivity index (χ3n) is 5.33. The fourth-order valence-electron chi connectivity index (χ4n) is 3.34. The van der Waals surface area contributed by atoms with E-state index in [-0.39, 0.29) is 42.5 Å². The largest absolute Gasteiger partial charge is 0.368 e. The van der Waals surface area contributed by atoms with Crippen molar-refractivity contribution in [3.63, 3.8) is 0 Å². The second-order valence-corrected chi connectivity index (χ2v) is 6.95. The molecule has 27 heavy (non-hydrogen) atoms. The fraction of sp³-hybridized carbons (Fsp3) is 0.579. The minimum atomic E-state index is 0.